The number of nitrogens with zero attached hydrogens (tertiary/aromatic N) is 2. The van der Waals surface area contributed by atoms with E-state index < -0.39 is 0 Å². The summed E-state index contributed by atoms with van der Waals surface area (Å²) in [7, 11) is 0. The molecular formula is C7H8N4O. The molecule has 1 amide bonds. The molecular weight excluding hydrogens is 156 g/mol. The number of hydrogen-bond donors (Lipinski definition) is 2. The van der Waals surface area contributed by atoms with Crippen LogP contribution < -0.4 is 10.6 Å². The number of aromatic nitrogens is 2. The summed E-state index contributed by atoms with van der Waals surface area (Å²) >= 11 is 0. The Kier molecular flexibility index (Phi) is 1.43. The van der Waals surface area contributed by atoms with Crippen LogP contribution in [0.2, 0.25) is 0 Å². The van der Waals surface area contributed by atoms with Crippen LogP contribution in [0, 0.1) is 6.92 Å². The van der Waals surface area contributed by atoms with Crippen LogP contribution in [0.1, 0.15) is 5.56 Å². The van der Waals surface area contributed by atoms with Crippen LogP contribution in [0.4, 0.5) is 11.5 Å². The first-order chi connectivity index (χ1) is 5.77. The Balaban J connectivity index is 2.50. The highest BCUT2D eigenvalue weighted by molar-refractivity contribution is 6.00. The van der Waals surface area contributed by atoms with E-state index in [9.17, 15) is 4.79 Å². The highest BCUT2D eigenvalue weighted by Gasteiger charge is 2.16. The fourth-order valence-electron chi connectivity index (χ4n) is 1.10. The number of carbonyl (C=O) groups excluding carboxylic acids is 1. The first-order valence-corrected chi connectivity index (χ1v) is 3.63. The molecule has 0 radical (unpaired) electrons. The molecule has 5 heteroatoms. The Morgan fingerprint density at radius 2 is 2.42 bits per heavy atom. The molecule has 0 unspecified atom stereocenters. The molecule has 0 aliphatic carbocycles. The number of fused-ring (bicyclic) bond motifs is 1. The van der Waals surface area contributed by atoms with Crippen molar-refractivity contribution in [2.24, 2.45) is 0 Å². The van der Waals surface area contributed by atoms with Gasteiger partial charge in [0.1, 0.15) is 0 Å². The van der Waals surface area contributed by atoms with Crippen molar-refractivity contribution in [3.63, 3.8) is 0 Å². The lowest BCUT2D eigenvalue weighted by molar-refractivity contribution is -0.114. The molecule has 1 aromatic heterocycles. The quantitative estimate of drug-likeness (QED) is 0.572. The summed E-state index contributed by atoms with van der Waals surface area (Å²) in [6.45, 7) is 2.14. The van der Waals surface area contributed by atoms with Crippen LogP contribution in [0.25, 0.3) is 0 Å². The van der Waals surface area contributed by atoms with Gasteiger partial charge in [-0.3, -0.25) is 4.79 Å². The van der Waals surface area contributed by atoms with Gasteiger partial charge >= 0.3 is 0 Å². The molecule has 1 aliphatic heterocycles. The minimum Gasteiger partial charge on any atom is -0.358 e. The average Bonchev–Trinajstić information content (AvgIpc) is 2.07. The maximum Gasteiger partial charge on any atom is 0.243 e. The molecule has 5 nitrogen and oxygen atoms in total. The van der Waals surface area contributed by atoms with Gasteiger partial charge in [0, 0.05) is 0 Å². The predicted molar refractivity (Wildman–Crippen MR) is 43.9 cm³/mol. The Morgan fingerprint density at radius 1 is 1.58 bits per heavy atom. The van der Waals surface area contributed by atoms with Gasteiger partial charge < -0.3 is 10.6 Å². The fraction of sp³-hybridized carbons (Fsp3) is 0.286. The molecule has 0 atom stereocenters. The molecule has 12 heavy (non-hydrogen) atoms. The summed E-state index contributed by atoms with van der Waals surface area (Å²) in [6, 6.07) is 0. The van der Waals surface area contributed by atoms with E-state index in [1.54, 1.807) is 6.20 Å². The summed E-state index contributed by atoms with van der Waals surface area (Å²) in [5, 5.41) is 13.2. The lowest BCUT2D eigenvalue weighted by atomic mass is 10.2. The van der Waals surface area contributed by atoms with Crippen LogP contribution in [0.15, 0.2) is 6.20 Å². The molecule has 0 fully saturated rings. The summed E-state index contributed by atoms with van der Waals surface area (Å²) in [6.07, 6.45) is 1.62. The largest absolute Gasteiger partial charge is 0.358 e. The molecule has 2 N–H and O–H groups in total. The van der Waals surface area contributed by atoms with Crippen molar-refractivity contribution in [2.75, 3.05) is 17.2 Å². The highest BCUT2D eigenvalue weighted by atomic mass is 16.2. The maximum absolute atomic E-state index is 11.0. The van der Waals surface area contributed by atoms with Gasteiger partial charge in [-0.05, 0) is 12.5 Å². The lowest BCUT2D eigenvalue weighted by Crippen LogP contribution is -2.28. The number of hydrogen-bond acceptors (Lipinski definition) is 4. The predicted octanol–water partition coefficient (Wildman–Crippen LogP) is 0.149. The van der Waals surface area contributed by atoms with Crippen LogP contribution in [0.3, 0.4) is 0 Å². The molecule has 1 aliphatic rings. The van der Waals surface area contributed by atoms with E-state index in [2.05, 4.69) is 20.8 Å². The van der Waals surface area contributed by atoms with E-state index in [0.29, 0.717) is 5.82 Å². The third-order valence-corrected chi connectivity index (χ3v) is 1.72. The van der Waals surface area contributed by atoms with E-state index >= 15 is 0 Å². The number of carbonyl (C=O) groups is 1. The third-order valence-electron chi connectivity index (χ3n) is 1.72. The van der Waals surface area contributed by atoms with E-state index in [1.165, 1.54) is 0 Å². The zero-order chi connectivity index (χ0) is 8.55. The number of amides is 1. The van der Waals surface area contributed by atoms with Gasteiger partial charge in [-0.25, -0.2) is 0 Å². The first-order valence-electron chi connectivity index (χ1n) is 3.63. The van der Waals surface area contributed by atoms with Gasteiger partial charge in [-0.2, -0.15) is 5.10 Å². The van der Waals surface area contributed by atoms with Crippen LogP contribution in [0.5, 0.6) is 0 Å². The molecule has 2 rings (SSSR count). The Bertz CT molecular complexity index is 336. The summed E-state index contributed by atoms with van der Waals surface area (Å²) < 4.78 is 0. The molecule has 1 aromatic rings. The molecule has 0 saturated carbocycles. The Hall–Kier alpha value is -1.65. The van der Waals surface area contributed by atoms with E-state index in [4.69, 9.17) is 0 Å². The molecule has 0 saturated heterocycles. The van der Waals surface area contributed by atoms with E-state index in [0.717, 1.165) is 11.3 Å². The van der Waals surface area contributed by atoms with Crippen LogP contribution >= 0.6 is 0 Å². The number of rotatable bonds is 0. The number of aryl methyl sites for hydroxylation is 1. The normalized spacial score (nSPS) is 14.6. The van der Waals surface area contributed by atoms with Gasteiger partial charge in [-0.15, -0.1) is 5.10 Å². The van der Waals surface area contributed by atoms with Gasteiger partial charge in [0.15, 0.2) is 5.82 Å². The number of nitrogens with one attached hydrogen (secondary N) is 2. The average molecular weight is 164 g/mol. The van der Waals surface area contributed by atoms with Crippen molar-refractivity contribution in [3.05, 3.63) is 11.8 Å². The molecule has 0 aromatic carbocycles. The molecule has 0 bridgehead atoms. The SMILES string of the molecule is Cc1cnnc2c1NC(=O)CN2. The zero-order valence-corrected chi connectivity index (χ0v) is 6.59. The van der Waals surface area contributed by atoms with Gasteiger partial charge in [0.25, 0.3) is 0 Å². The summed E-state index contributed by atoms with van der Waals surface area (Å²) in [5.41, 5.74) is 1.65. The van der Waals surface area contributed by atoms with Crippen molar-refractivity contribution < 1.29 is 4.79 Å². The standard InChI is InChI=1S/C7H8N4O/c1-4-2-9-11-7-6(4)10-5(12)3-8-7/h2H,3H2,1H3,(H,8,11)(H,10,12). The lowest BCUT2D eigenvalue weighted by Gasteiger charge is -2.17. The third kappa shape index (κ3) is 0.990. The van der Waals surface area contributed by atoms with E-state index in [-0.39, 0.29) is 12.5 Å². The van der Waals surface area contributed by atoms with Gasteiger partial charge in [0.2, 0.25) is 5.91 Å². The Morgan fingerprint density at radius 3 is 3.25 bits per heavy atom. The van der Waals surface area contributed by atoms with Crippen molar-refractivity contribution >= 4 is 17.4 Å². The maximum atomic E-state index is 11.0. The molecule has 2 heterocycles. The Labute approximate surface area is 69.2 Å². The minimum absolute atomic E-state index is 0.0430. The summed E-state index contributed by atoms with van der Waals surface area (Å²) in [5.74, 6) is 0.605. The van der Waals surface area contributed by atoms with Gasteiger partial charge in [-0.1, -0.05) is 0 Å². The van der Waals surface area contributed by atoms with Crippen LogP contribution in [-0.2, 0) is 4.79 Å². The second kappa shape index (κ2) is 2.44. The van der Waals surface area contributed by atoms with Crippen molar-refractivity contribution in [3.8, 4) is 0 Å². The molecule has 0 spiro atoms. The number of anilines is 2. The molecule has 62 valence electrons. The smallest absolute Gasteiger partial charge is 0.243 e. The second-order valence-electron chi connectivity index (χ2n) is 2.65. The zero-order valence-electron chi connectivity index (χ0n) is 6.59. The van der Waals surface area contributed by atoms with E-state index in [1.807, 2.05) is 6.92 Å². The summed E-state index contributed by atoms with van der Waals surface area (Å²) in [4.78, 5) is 11.0. The van der Waals surface area contributed by atoms with Gasteiger partial charge in [0.05, 0.1) is 18.4 Å². The first kappa shape index (κ1) is 7.02. The minimum atomic E-state index is -0.0430. The van der Waals surface area contributed by atoms with Crippen molar-refractivity contribution in [1.29, 1.82) is 0 Å². The van der Waals surface area contributed by atoms with Crippen molar-refractivity contribution in [1.82, 2.24) is 10.2 Å². The van der Waals surface area contributed by atoms with Crippen molar-refractivity contribution in [2.45, 2.75) is 6.92 Å². The second-order valence-corrected chi connectivity index (χ2v) is 2.65. The van der Waals surface area contributed by atoms with Crippen LogP contribution in [-0.4, -0.2) is 22.6 Å². The topological polar surface area (TPSA) is 66.9 Å². The highest BCUT2D eigenvalue weighted by Crippen LogP contribution is 2.23. The monoisotopic (exact) mass is 164 g/mol. The fourth-order valence-corrected chi connectivity index (χ4v) is 1.10.